The topological polar surface area (TPSA) is 75.2 Å². The van der Waals surface area contributed by atoms with Crippen LogP contribution in [0.5, 0.6) is 5.75 Å². The summed E-state index contributed by atoms with van der Waals surface area (Å²) in [6.07, 6.45) is 2.29. The van der Waals surface area contributed by atoms with Gasteiger partial charge in [0.1, 0.15) is 5.75 Å². The Bertz CT molecular complexity index is 645. The van der Waals surface area contributed by atoms with Gasteiger partial charge in [0.25, 0.3) is 5.91 Å². The summed E-state index contributed by atoms with van der Waals surface area (Å²) in [5.74, 6) is 1.54. The first kappa shape index (κ1) is 21.7. The van der Waals surface area contributed by atoms with Crippen LogP contribution in [0.15, 0.2) is 29.3 Å². The van der Waals surface area contributed by atoms with Crippen molar-refractivity contribution >= 4 is 35.8 Å². The Hall–Kier alpha value is -1.55. The average molecular weight is 488 g/mol. The zero-order chi connectivity index (χ0) is 18.4. The Labute approximate surface area is 177 Å². The minimum atomic E-state index is -0.0901. The van der Waals surface area contributed by atoms with Crippen molar-refractivity contribution in [3.8, 4) is 5.75 Å². The van der Waals surface area contributed by atoms with Crippen molar-refractivity contribution in [3.63, 3.8) is 0 Å². The van der Waals surface area contributed by atoms with E-state index in [0.717, 1.165) is 50.9 Å². The maximum absolute atomic E-state index is 12.2. The van der Waals surface area contributed by atoms with E-state index in [-0.39, 0.29) is 29.9 Å². The second-order valence-electron chi connectivity index (χ2n) is 6.93. The molecule has 8 heteroatoms. The minimum Gasteiger partial charge on any atom is -0.497 e. The molecule has 0 bridgehead atoms. The minimum absolute atomic E-state index is 0. The van der Waals surface area contributed by atoms with Gasteiger partial charge >= 0.3 is 0 Å². The van der Waals surface area contributed by atoms with Gasteiger partial charge in [-0.15, -0.1) is 24.0 Å². The summed E-state index contributed by atoms with van der Waals surface area (Å²) in [4.78, 5) is 18.8. The van der Waals surface area contributed by atoms with Crippen molar-refractivity contribution in [1.82, 2.24) is 15.5 Å². The number of ether oxygens (including phenoxy) is 2. The standard InChI is InChI=1S/C19H28N4O3.HI/c1-20-18(23-11-7-19(13-23)8-12-26-14-19)22-10-9-21-17(24)15-3-5-16(25-2)6-4-15;/h3-6H,7-14H2,1-2H3,(H,20,22)(H,21,24);1H. The zero-order valence-corrected chi connectivity index (χ0v) is 18.3. The van der Waals surface area contributed by atoms with Crippen molar-refractivity contribution in [2.45, 2.75) is 12.8 Å². The third-order valence-electron chi connectivity index (χ3n) is 5.18. The highest BCUT2D eigenvalue weighted by atomic mass is 127. The Morgan fingerprint density at radius 3 is 2.63 bits per heavy atom. The summed E-state index contributed by atoms with van der Waals surface area (Å²) in [5.41, 5.74) is 0.929. The Morgan fingerprint density at radius 1 is 1.26 bits per heavy atom. The fourth-order valence-corrected chi connectivity index (χ4v) is 3.61. The molecule has 7 nitrogen and oxygen atoms in total. The lowest BCUT2D eigenvalue weighted by Gasteiger charge is -2.25. The number of carbonyl (C=O) groups is 1. The highest BCUT2D eigenvalue weighted by Gasteiger charge is 2.42. The molecule has 150 valence electrons. The number of benzene rings is 1. The van der Waals surface area contributed by atoms with Crippen molar-refractivity contribution in [2.75, 3.05) is 53.6 Å². The molecular formula is C19H29IN4O3. The number of amides is 1. The highest BCUT2D eigenvalue weighted by molar-refractivity contribution is 14.0. The van der Waals surface area contributed by atoms with E-state index in [1.807, 2.05) is 0 Å². The van der Waals surface area contributed by atoms with Crippen LogP contribution in [-0.4, -0.2) is 70.3 Å². The number of nitrogens with zero attached hydrogens (tertiary/aromatic N) is 2. The maximum Gasteiger partial charge on any atom is 0.251 e. The van der Waals surface area contributed by atoms with Crippen LogP contribution < -0.4 is 15.4 Å². The SMILES string of the molecule is CN=C(NCCNC(=O)c1ccc(OC)cc1)N1CCC2(CCOC2)C1.I. The number of hydrogen-bond donors (Lipinski definition) is 2. The molecule has 3 rings (SSSR count). The number of likely N-dealkylation sites (tertiary alicyclic amines) is 1. The Kier molecular flexibility index (Phi) is 8.15. The molecule has 2 aliphatic rings. The van der Waals surface area contributed by atoms with Crippen molar-refractivity contribution in [3.05, 3.63) is 29.8 Å². The van der Waals surface area contributed by atoms with Crippen molar-refractivity contribution in [2.24, 2.45) is 10.4 Å². The fourth-order valence-electron chi connectivity index (χ4n) is 3.61. The monoisotopic (exact) mass is 488 g/mol. The van der Waals surface area contributed by atoms with Crippen LogP contribution in [0, 0.1) is 5.41 Å². The molecule has 1 aromatic carbocycles. The molecule has 0 saturated carbocycles. The van der Waals surface area contributed by atoms with Crippen LogP contribution in [0.1, 0.15) is 23.2 Å². The first-order chi connectivity index (χ1) is 12.7. The second-order valence-corrected chi connectivity index (χ2v) is 6.93. The molecule has 27 heavy (non-hydrogen) atoms. The number of halogens is 1. The molecule has 2 heterocycles. The molecule has 0 radical (unpaired) electrons. The molecule has 1 amide bonds. The van der Waals surface area contributed by atoms with E-state index < -0.39 is 0 Å². The van der Waals surface area contributed by atoms with Gasteiger partial charge in [0.2, 0.25) is 0 Å². The highest BCUT2D eigenvalue weighted by Crippen LogP contribution is 2.38. The summed E-state index contributed by atoms with van der Waals surface area (Å²) < 4.78 is 10.7. The average Bonchev–Trinajstić information content (AvgIpc) is 3.31. The summed E-state index contributed by atoms with van der Waals surface area (Å²) in [7, 11) is 3.41. The number of methoxy groups -OCH3 is 1. The van der Waals surface area contributed by atoms with Gasteiger partial charge in [-0.05, 0) is 37.1 Å². The van der Waals surface area contributed by atoms with Gasteiger partial charge in [-0.25, -0.2) is 0 Å². The lowest BCUT2D eigenvalue weighted by Crippen LogP contribution is -2.44. The van der Waals surface area contributed by atoms with Gasteiger partial charge in [-0.3, -0.25) is 9.79 Å². The molecule has 1 spiro atoms. The predicted octanol–water partition coefficient (Wildman–Crippen LogP) is 1.73. The number of carbonyl (C=O) groups excluding carboxylic acids is 1. The second kappa shape index (κ2) is 10.1. The van der Waals surface area contributed by atoms with E-state index in [0.29, 0.717) is 24.1 Å². The molecule has 2 saturated heterocycles. The van der Waals surface area contributed by atoms with Gasteiger partial charge in [0, 0.05) is 50.8 Å². The number of rotatable bonds is 5. The zero-order valence-electron chi connectivity index (χ0n) is 16.0. The first-order valence-corrected chi connectivity index (χ1v) is 9.11. The van der Waals surface area contributed by atoms with Crippen LogP contribution >= 0.6 is 24.0 Å². The summed E-state index contributed by atoms with van der Waals surface area (Å²) in [6, 6.07) is 7.08. The third-order valence-corrected chi connectivity index (χ3v) is 5.18. The molecule has 2 N–H and O–H groups in total. The van der Waals surface area contributed by atoms with Crippen LogP contribution in [0.3, 0.4) is 0 Å². The lowest BCUT2D eigenvalue weighted by atomic mass is 9.87. The van der Waals surface area contributed by atoms with Crippen LogP contribution in [0.2, 0.25) is 0 Å². The van der Waals surface area contributed by atoms with Crippen LogP contribution in [0.4, 0.5) is 0 Å². The molecule has 0 aromatic heterocycles. The van der Waals surface area contributed by atoms with E-state index in [1.165, 1.54) is 0 Å². The molecule has 1 atom stereocenters. The smallest absolute Gasteiger partial charge is 0.251 e. The first-order valence-electron chi connectivity index (χ1n) is 9.11. The Balaban J connectivity index is 0.00000261. The quantitative estimate of drug-likeness (QED) is 0.286. The van der Waals surface area contributed by atoms with Gasteiger partial charge in [-0.1, -0.05) is 0 Å². The van der Waals surface area contributed by atoms with Gasteiger partial charge in [-0.2, -0.15) is 0 Å². The van der Waals surface area contributed by atoms with E-state index in [9.17, 15) is 4.79 Å². The van der Waals surface area contributed by atoms with Crippen LogP contribution in [-0.2, 0) is 4.74 Å². The summed E-state index contributed by atoms with van der Waals surface area (Å²) >= 11 is 0. The molecule has 1 aromatic rings. The van der Waals surface area contributed by atoms with E-state index in [4.69, 9.17) is 9.47 Å². The van der Waals surface area contributed by atoms with Gasteiger partial charge in [0.15, 0.2) is 5.96 Å². The van der Waals surface area contributed by atoms with Crippen molar-refractivity contribution in [1.29, 1.82) is 0 Å². The molecule has 1 unspecified atom stereocenters. The van der Waals surface area contributed by atoms with E-state index in [1.54, 1.807) is 38.4 Å². The summed E-state index contributed by atoms with van der Waals surface area (Å²) in [5, 5.41) is 6.26. The molecular weight excluding hydrogens is 459 g/mol. The number of hydrogen-bond acceptors (Lipinski definition) is 4. The predicted molar refractivity (Wildman–Crippen MR) is 116 cm³/mol. The number of nitrogens with one attached hydrogen (secondary N) is 2. The molecule has 2 aliphatic heterocycles. The third kappa shape index (κ3) is 5.47. The van der Waals surface area contributed by atoms with E-state index in [2.05, 4.69) is 20.5 Å². The van der Waals surface area contributed by atoms with Crippen molar-refractivity contribution < 1.29 is 14.3 Å². The van der Waals surface area contributed by atoms with E-state index >= 15 is 0 Å². The number of guanidine groups is 1. The maximum atomic E-state index is 12.2. The lowest BCUT2D eigenvalue weighted by molar-refractivity contribution is 0.0954. The normalized spacial score (nSPS) is 21.9. The van der Waals surface area contributed by atoms with Gasteiger partial charge in [0.05, 0.1) is 13.7 Å². The fraction of sp³-hybridized carbons (Fsp3) is 0.579. The van der Waals surface area contributed by atoms with Crippen LogP contribution in [0.25, 0.3) is 0 Å². The Morgan fingerprint density at radius 2 is 2.00 bits per heavy atom. The molecule has 0 aliphatic carbocycles. The largest absolute Gasteiger partial charge is 0.497 e. The number of aliphatic imine (C=N–C) groups is 1. The molecule has 2 fully saturated rings. The van der Waals surface area contributed by atoms with Gasteiger partial charge < -0.3 is 25.0 Å². The summed E-state index contributed by atoms with van der Waals surface area (Å²) in [6.45, 7) is 4.89.